The van der Waals surface area contributed by atoms with Crippen molar-refractivity contribution in [2.75, 3.05) is 25.5 Å². The lowest BCUT2D eigenvalue weighted by molar-refractivity contribution is -0.383. The maximum Gasteiger partial charge on any atom is 0.294 e. The van der Waals surface area contributed by atoms with Crippen LogP contribution in [0.15, 0.2) is 12.1 Å². The van der Waals surface area contributed by atoms with Crippen molar-refractivity contribution in [2.45, 2.75) is 19.4 Å². The first-order valence-electron chi connectivity index (χ1n) is 6.37. The number of morpholine rings is 1. The summed E-state index contributed by atoms with van der Waals surface area (Å²) in [4.78, 5) is 24.6. The Hall–Kier alpha value is -1.86. The van der Waals surface area contributed by atoms with E-state index < -0.39 is 10.5 Å². The number of ether oxygens (including phenoxy) is 1. The normalized spacial score (nSPS) is 17.6. The van der Waals surface area contributed by atoms with Gasteiger partial charge in [-0.1, -0.05) is 11.6 Å². The van der Waals surface area contributed by atoms with Crippen molar-refractivity contribution in [1.29, 1.82) is 0 Å². The fourth-order valence-electron chi connectivity index (χ4n) is 2.27. The monoisotopic (exact) mass is 313 g/mol. The highest BCUT2D eigenvalue weighted by Crippen LogP contribution is 2.32. The molecule has 0 spiro atoms. The lowest BCUT2D eigenvalue weighted by Gasteiger charge is -2.42. The summed E-state index contributed by atoms with van der Waals surface area (Å²) >= 11 is 5.89. The van der Waals surface area contributed by atoms with Crippen LogP contribution >= 0.6 is 11.6 Å². The number of nitrogen functional groups attached to an aromatic ring is 1. The highest BCUT2D eigenvalue weighted by Gasteiger charge is 2.35. The van der Waals surface area contributed by atoms with Crippen LogP contribution in [0.1, 0.15) is 24.2 Å². The Morgan fingerprint density at radius 2 is 2.19 bits per heavy atom. The summed E-state index contributed by atoms with van der Waals surface area (Å²) in [6.45, 7) is 5.00. The molecule has 1 amide bonds. The van der Waals surface area contributed by atoms with E-state index in [2.05, 4.69) is 0 Å². The first-order chi connectivity index (χ1) is 9.74. The lowest BCUT2D eigenvalue weighted by Crippen LogP contribution is -2.55. The van der Waals surface area contributed by atoms with E-state index in [0.29, 0.717) is 19.8 Å². The van der Waals surface area contributed by atoms with Gasteiger partial charge in [0.15, 0.2) is 0 Å². The number of nitro groups is 1. The minimum Gasteiger partial charge on any atom is -0.392 e. The molecule has 1 saturated heterocycles. The second-order valence-electron chi connectivity index (χ2n) is 5.47. The molecule has 0 bridgehead atoms. The van der Waals surface area contributed by atoms with Crippen LogP contribution in [0.25, 0.3) is 0 Å². The van der Waals surface area contributed by atoms with Gasteiger partial charge in [-0.2, -0.15) is 0 Å². The molecule has 0 atom stereocenters. The van der Waals surface area contributed by atoms with Gasteiger partial charge in [0.25, 0.3) is 11.6 Å². The minimum absolute atomic E-state index is 0.00128. The van der Waals surface area contributed by atoms with E-state index in [1.54, 1.807) is 4.90 Å². The van der Waals surface area contributed by atoms with Crippen LogP contribution in [0.4, 0.5) is 11.4 Å². The summed E-state index contributed by atoms with van der Waals surface area (Å²) in [5, 5.41) is 11.0. The summed E-state index contributed by atoms with van der Waals surface area (Å²) < 4.78 is 5.36. The number of benzene rings is 1. The van der Waals surface area contributed by atoms with Gasteiger partial charge < -0.3 is 15.4 Å². The summed E-state index contributed by atoms with van der Waals surface area (Å²) in [7, 11) is 0. The number of hydrogen-bond acceptors (Lipinski definition) is 5. The van der Waals surface area contributed by atoms with Crippen LogP contribution in [0.2, 0.25) is 5.02 Å². The Kier molecular flexibility index (Phi) is 4.06. The molecule has 2 N–H and O–H groups in total. The zero-order chi connectivity index (χ0) is 15.8. The molecule has 1 heterocycles. The Morgan fingerprint density at radius 3 is 2.76 bits per heavy atom. The van der Waals surface area contributed by atoms with E-state index >= 15 is 0 Å². The summed E-state index contributed by atoms with van der Waals surface area (Å²) in [6.07, 6.45) is 0. The first kappa shape index (κ1) is 15.5. The van der Waals surface area contributed by atoms with Gasteiger partial charge in [-0.15, -0.1) is 0 Å². The molecule has 8 heteroatoms. The molecule has 7 nitrogen and oxygen atoms in total. The smallest absolute Gasteiger partial charge is 0.294 e. The van der Waals surface area contributed by atoms with Gasteiger partial charge in [0.1, 0.15) is 5.69 Å². The lowest BCUT2D eigenvalue weighted by atomic mass is 10.0. The molecule has 1 aliphatic heterocycles. The standard InChI is InChI=1S/C13H16ClN3O4/c1-13(2)7-21-4-3-16(13)12(18)8-5-9(14)11(15)10(6-8)17(19)20/h5-6H,3-4,7,15H2,1-2H3. The molecule has 114 valence electrons. The van der Waals surface area contributed by atoms with Crippen LogP contribution < -0.4 is 5.73 Å². The van der Waals surface area contributed by atoms with Crippen molar-refractivity contribution in [2.24, 2.45) is 0 Å². The van der Waals surface area contributed by atoms with E-state index in [9.17, 15) is 14.9 Å². The van der Waals surface area contributed by atoms with Crippen LogP contribution in [0.5, 0.6) is 0 Å². The fraction of sp³-hybridized carbons (Fsp3) is 0.462. The number of carbonyl (C=O) groups excluding carboxylic acids is 1. The quantitative estimate of drug-likeness (QED) is 0.512. The molecule has 0 radical (unpaired) electrons. The fourth-order valence-corrected chi connectivity index (χ4v) is 2.48. The van der Waals surface area contributed by atoms with Crippen molar-refractivity contribution in [3.05, 3.63) is 32.8 Å². The summed E-state index contributed by atoms with van der Waals surface area (Å²) in [5.41, 5.74) is 4.72. The predicted octanol–water partition coefficient (Wildman–Crippen LogP) is 2.08. The SMILES string of the molecule is CC1(C)COCCN1C(=O)c1cc(Cl)c(N)c([N+](=O)[O-])c1. The number of nitro benzene ring substituents is 1. The molecule has 21 heavy (non-hydrogen) atoms. The van der Waals surface area contributed by atoms with Gasteiger partial charge in [0.05, 0.1) is 28.7 Å². The zero-order valence-corrected chi connectivity index (χ0v) is 12.5. The Labute approximate surface area is 126 Å². The number of hydrogen-bond donors (Lipinski definition) is 1. The third kappa shape index (κ3) is 2.93. The van der Waals surface area contributed by atoms with Gasteiger partial charge >= 0.3 is 0 Å². The predicted molar refractivity (Wildman–Crippen MR) is 78.5 cm³/mol. The number of halogens is 1. The Balaban J connectivity index is 2.42. The van der Waals surface area contributed by atoms with E-state index in [0.717, 1.165) is 6.07 Å². The van der Waals surface area contributed by atoms with Gasteiger partial charge in [-0.3, -0.25) is 14.9 Å². The number of rotatable bonds is 2. The highest BCUT2D eigenvalue weighted by molar-refractivity contribution is 6.34. The number of amides is 1. The molecule has 0 aromatic heterocycles. The number of carbonyl (C=O) groups is 1. The van der Waals surface area contributed by atoms with Crippen molar-refractivity contribution in [1.82, 2.24) is 4.90 Å². The third-order valence-corrected chi connectivity index (χ3v) is 3.75. The van der Waals surface area contributed by atoms with Crippen LogP contribution in [-0.2, 0) is 4.74 Å². The molecule has 1 aliphatic rings. The van der Waals surface area contributed by atoms with Crippen LogP contribution in [-0.4, -0.2) is 41.0 Å². The molecular weight excluding hydrogens is 298 g/mol. The summed E-state index contributed by atoms with van der Waals surface area (Å²) in [5.74, 6) is -0.326. The second-order valence-corrected chi connectivity index (χ2v) is 5.88. The first-order valence-corrected chi connectivity index (χ1v) is 6.75. The molecule has 1 aromatic rings. The van der Waals surface area contributed by atoms with Crippen LogP contribution in [0.3, 0.4) is 0 Å². The van der Waals surface area contributed by atoms with Crippen molar-refractivity contribution in [3.8, 4) is 0 Å². The topological polar surface area (TPSA) is 98.7 Å². The van der Waals surface area contributed by atoms with E-state index in [4.69, 9.17) is 22.1 Å². The average molecular weight is 314 g/mol. The molecule has 1 fully saturated rings. The third-order valence-electron chi connectivity index (χ3n) is 3.44. The highest BCUT2D eigenvalue weighted by atomic mass is 35.5. The number of nitrogens with two attached hydrogens (primary N) is 1. The average Bonchev–Trinajstić information content (AvgIpc) is 2.40. The maximum atomic E-state index is 12.6. The van der Waals surface area contributed by atoms with E-state index in [1.165, 1.54) is 6.07 Å². The largest absolute Gasteiger partial charge is 0.392 e. The van der Waals surface area contributed by atoms with E-state index in [-0.39, 0.29) is 27.9 Å². The molecular formula is C13H16ClN3O4. The van der Waals surface area contributed by atoms with Crippen LogP contribution in [0, 0.1) is 10.1 Å². The van der Waals surface area contributed by atoms with Gasteiger partial charge in [0.2, 0.25) is 0 Å². The Morgan fingerprint density at radius 1 is 1.52 bits per heavy atom. The van der Waals surface area contributed by atoms with Crippen molar-refractivity contribution in [3.63, 3.8) is 0 Å². The number of anilines is 1. The summed E-state index contributed by atoms with van der Waals surface area (Å²) in [6, 6.07) is 2.52. The maximum absolute atomic E-state index is 12.6. The van der Waals surface area contributed by atoms with Crippen molar-refractivity contribution < 1.29 is 14.5 Å². The van der Waals surface area contributed by atoms with Gasteiger partial charge in [0, 0.05) is 18.2 Å². The van der Waals surface area contributed by atoms with Crippen molar-refractivity contribution >= 4 is 28.9 Å². The molecule has 0 aliphatic carbocycles. The molecule has 0 unspecified atom stereocenters. The molecule has 1 aromatic carbocycles. The zero-order valence-electron chi connectivity index (χ0n) is 11.8. The molecule has 2 rings (SSSR count). The Bertz CT molecular complexity index is 603. The second kappa shape index (κ2) is 5.50. The molecule has 0 saturated carbocycles. The number of nitrogens with zero attached hydrogens (tertiary/aromatic N) is 2. The van der Waals surface area contributed by atoms with Gasteiger partial charge in [-0.05, 0) is 19.9 Å². The van der Waals surface area contributed by atoms with E-state index in [1.807, 2.05) is 13.8 Å². The van der Waals surface area contributed by atoms with Gasteiger partial charge in [-0.25, -0.2) is 0 Å². The minimum atomic E-state index is -0.650.